The summed E-state index contributed by atoms with van der Waals surface area (Å²) in [7, 11) is 2.17. The molecule has 0 bridgehead atoms. The van der Waals surface area contributed by atoms with Crippen LogP contribution in [0.3, 0.4) is 0 Å². The molecule has 3 atom stereocenters. The largest absolute Gasteiger partial charge is 0.395 e. The van der Waals surface area contributed by atoms with Crippen molar-refractivity contribution in [2.45, 2.75) is 37.4 Å². The van der Waals surface area contributed by atoms with Gasteiger partial charge in [0.05, 0.1) is 6.61 Å². The molecule has 0 amide bonds. The van der Waals surface area contributed by atoms with E-state index in [-0.39, 0.29) is 12.6 Å². The number of halogens is 1. The van der Waals surface area contributed by atoms with Crippen LogP contribution in [0.5, 0.6) is 0 Å². The fourth-order valence-corrected chi connectivity index (χ4v) is 4.74. The van der Waals surface area contributed by atoms with Crippen molar-refractivity contribution in [2.75, 3.05) is 26.7 Å². The van der Waals surface area contributed by atoms with Gasteiger partial charge in [0.25, 0.3) is 0 Å². The Hall–Kier alpha value is -1.39. The lowest BCUT2D eigenvalue weighted by Crippen LogP contribution is -2.66. The molecule has 1 heterocycles. The minimum absolute atomic E-state index is 0.233. The van der Waals surface area contributed by atoms with Gasteiger partial charge >= 0.3 is 0 Å². The number of hydrogen-bond acceptors (Lipinski definition) is 3. The molecule has 27 heavy (non-hydrogen) atoms. The van der Waals surface area contributed by atoms with Crippen molar-refractivity contribution in [2.24, 2.45) is 5.92 Å². The predicted molar refractivity (Wildman–Crippen MR) is 111 cm³/mol. The second-order valence-electron chi connectivity index (χ2n) is 8.18. The lowest BCUT2D eigenvalue weighted by Gasteiger charge is -2.56. The molecule has 0 unspecified atom stereocenters. The summed E-state index contributed by atoms with van der Waals surface area (Å²) >= 11 is 6.36. The van der Waals surface area contributed by atoms with Crippen molar-refractivity contribution in [1.82, 2.24) is 9.80 Å². The third kappa shape index (κ3) is 4.22. The van der Waals surface area contributed by atoms with Crippen LogP contribution < -0.4 is 0 Å². The van der Waals surface area contributed by atoms with E-state index in [1.807, 2.05) is 18.2 Å². The van der Waals surface area contributed by atoms with Crippen LogP contribution in [0.1, 0.15) is 29.9 Å². The molecule has 3 nitrogen and oxygen atoms in total. The highest BCUT2D eigenvalue weighted by molar-refractivity contribution is 6.31. The zero-order chi connectivity index (χ0) is 18.8. The highest BCUT2D eigenvalue weighted by Gasteiger charge is 2.49. The van der Waals surface area contributed by atoms with E-state index >= 15 is 0 Å². The summed E-state index contributed by atoms with van der Waals surface area (Å²) in [6.07, 6.45) is 2.68. The lowest BCUT2D eigenvalue weighted by atomic mass is 9.74. The molecular formula is C23H29ClN2O. The first kappa shape index (κ1) is 18.9. The molecule has 1 saturated heterocycles. The number of hydrogen-bond donors (Lipinski definition) is 1. The van der Waals surface area contributed by atoms with Gasteiger partial charge in [-0.3, -0.25) is 4.90 Å². The van der Waals surface area contributed by atoms with E-state index in [4.69, 9.17) is 11.6 Å². The molecule has 2 aromatic rings. The van der Waals surface area contributed by atoms with Gasteiger partial charge in [-0.1, -0.05) is 60.1 Å². The first-order valence-corrected chi connectivity index (χ1v) is 10.4. The quantitative estimate of drug-likeness (QED) is 0.744. The highest BCUT2D eigenvalue weighted by atomic mass is 35.5. The molecule has 4 heteroatoms. The Morgan fingerprint density at radius 3 is 2.41 bits per heavy atom. The molecule has 0 aromatic heterocycles. The molecule has 0 spiro atoms. The van der Waals surface area contributed by atoms with Gasteiger partial charge in [-0.15, -0.1) is 0 Å². The van der Waals surface area contributed by atoms with Crippen LogP contribution in [0, 0.1) is 5.92 Å². The van der Waals surface area contributed by atoms with Crippen LogP contribution in [-0.4, -0.2) is 53.7 Å². The fraction of sp³-hybridized carbons (Fsp3) is 0.478. The maximum absolute atomic E-state index is 10.1. The molecule has 0 radical (unpaired) electrons. The molecule has 144 valence electrons. The Kier molecular flexibility index (Phi) is 5.84. The number of aliphatic hydroxyl groups is 1. The first-order valence-electron chi connectivity index (χ1n) is 10.0. The van der Waals surface area contributed by atoms with Crippen molar-refractivity contribution in [3.05, 3.63) is 70.7 Å². The Morgan fingerprint density at radius 2 is 1.74 bits per heavy atom. The second-order valence-corrected chi connectivity index (χ2v) is 8.59. The summed E-state index contributed by atoms with van der Waals surface area (Å²) in [5, 5.41) is 10.9. The lowest BCUT2D eigenvalue weighted by molar-refractivity contribution is -0.0578. The summed E-state index contributed by atoms with van der Waals surface area (Å²) in [6, 6.07) is 19.5. The van der Waals surface area contributed by atoms with Crippen molar-refractivity contribution in [1.29, 1.82) is 0 Å². The zero-order valence-electron chi connectivity index (χ0n) is 16.0. The maximum atomic E-state index is 10.1. The van der Waals surface area contributed by atoms with Crippen LogP contribution in [0.4, 0.5) is 0 Å². The van der Waals surface area contributed by atoms with Crippen LogP contribution in [0.2, 0.25) is 5.02 Å². The van der Waals surface area contributed by atoms with Crippen molar-refractivity contribution in [3.63, 3.8) is 0 Å². The minimum atomic E-state index is 0.233. The van der Waals surface area contributed by atoms with E-state index in [2.05, 4.69) is 53.2 Å². The van der Waals surface area contributed by atoms with E-state index in [1.165, 1.54) is 24.0 Å². The van der Waals surface area contributed by atoms with Gasteiger partial charge in [0.1, 0.15) is 0 Å². The zero-order valence-corrected chi connectivity index (χ0v) is 16.7. The van der Waals surface area contributed by atoms with Gasteiger partial charge < -0.3 is 10.0 Å². The van der Waals surface area contributed by atoms with Crippen LogP contribution in [0.25, 0.3) is 0 Å². The van der Waals surface area contributed by atoms with Crippen molar-refractivity contribution < 1.29 is 5.11 Å². The predicted octanol–water partition coefficient (Wildman–Crippen LogP) is 4.01. The Balaban J connectivity index is 1.50. The number of rotatable bonds is 8. The average molecular weight is 385 g/mol. The highest BCUT2D eigenvalue weighted by Crippen LogP contribution is 2.44. The smallest absolute Gasteiger partial charge is 0.0593 e. The topological polar surface area (TPSA) is 26.7 Å². The molecular weight excluding hydrogens is 356 g/mol. The molecule has 1 aliphatic carbocycles. The molecule has 2 aliphatic rings. The molecule has 4 rings (SSSR count). The SMILES string of the molecule is CN(Cc1ccccc1Cl)C[C@@H]1[C@@H](c2ccccc2)[C@@H](CO)N1CC1CC1. The molecule has 2 fully saturated rings. The van der Waals surface area contributed by atoms with Gasteiger partial charge in [0, 0.05) is 42.7 Å². The van der Waals surface area contributed by atoms with Gasteiger partial charge in [-0.05, 0) is 43.0 Å². The minimum Gasteiger partial charge on any atom is -0.395 e. The van der Waals surface area contributed by atoms with E-state index in [0.717, 1.165) is 30.6 Å². The standard InChI is InChI=1S/C23H29ClN2O/c1-25(14-19-9-5-6-10-20(19)24)15-21-23(18-7-3-2-4-8-18)22(16-27)26(21)13-17-11-12-17/h2-10,17,21-23,27H,11-16H2,1H3/t21-,22-,23-/m1/s1. The number of likely N-dealkylation sites (N-methyl/N-ethyl adjacent to an activating group) is 1. The maximum Gasteiger partial charge on any atom is 0.0593 e. The second kappa shape index (κ2) is 8.32. The summed E-state index contributed by atoms with van der Waals surface area (Å²) in [5.41, 5.74) is 2.52. The van der Waals surface area contributed by atoms with Crippen LogP contribution in [0.15, 0.2) is 54.6 Å². The van der Waals surface area contributed by atoms with Gasteiger partial charge in [-0.25, -0.2) is 0 Å². The van der Waals surface area contributed by atoms with Crippen LogP contribution in [-0.2, 0) is 6.54 Å². The van der Waals surface area contributed by atoms with E-state index < -0.39 is 0 Å². The number of aliphatic hydroxyl groups excluding tert-OH is 1. The van der Waals surface area contributed by atoms with E-state index in [1.54, 1.807) is 0 Å². The summed E-state index contributed by atoms with van der Waals surface area (Å²) in [5.74, 6) is 1.22. The van der Waals surface area contributed by atoms with E-state index in [9.17, 15) is 5.11 Å². The van der Waals surface area contributed by atoms with Gasteiger partial charge in [-0.2, -0.15) is 0 Å². The number of benzene rings is 2. The third-order valence-corrected chi connectivity index (χ3v) is 6.48. The number of likely N-dealkylation sites (tertiary alicyclic amines) is 1. The summed E-state index contributed by atoms with van der Waals surface area (Å²) in [6.45, 7) is 3.18. The molecule has 1 aliphatic heterocycles. The first-order chi connectivity index (χ1) is 13.2. The molecule has 1 saturated carbocycles. The monoisotopic (exact) mass is 384 g/mol. The normalized spacial score (nSPS) is 25.6. The van der Waals surface area contributed by atoms with Crippen LogP contribution >= 0.6 is 11.6 Å². The Morgan fingerprint density at radius 1 is 1.04 bits per heavy atom. The Bertz CT molecular complexity index is 749. The summed E-state index contributed by atoms with van der Waals surface area (Å²) in [4.78, 5) is 4.92. The van der Waals surface area contributed by atoms with Crippen molar-refractivity contribution in [3.8, 4) is 0 Å². The molecule has 2 aromatic carbocycles. The number of nitrogens with zero attached hydrogens (tertiary/aromatic N) is 2. The van der Waals surface area contributed by atoms with Crippen molar-refractivity contribution >= 4 is 11.6 Å². The fourth-order valence-electron chi connectivity index (χ4n) is 4.54. The molecule has 1 N–H and O–H groups in total. The Labute approximate surface area is 167 Å². The third-order valence-electron chi connectivity index (χ3n) is 6.12. The van der Waals surface area contributed by atoms with E-state index in [0.29, 0.717) is 12.0 Å². The summed E-state index contributed by atoms with van der Waals surface area (Å²) < 4.78 is 0. The van der Waals surface area contributed by atoms with Gasteiger partial charge in [0.2, 0.25) is 0 Å². The average Bonchev–Trinajstić information content (AvgIpc) is 3.49. The van der Waals surface area contributed by atoms with Gasteiger partial charge in [0.15, 0.2) is 0 Å².